The van der Waals surface area contributed by atoms with Gasteiger partial charge in [-0.05, 0) is 42.8 Å². The molecule has 0 bridgehead atoms. The molecule has 0 spiro atoms. The van der Waals surface area contributed by atoms with E-state index in [-0.39, 0.29) is 25.4 Å². The average Bonchev–Trinajstić information content (AvgIpc) is 3.17. The first kappa shape index (κ1) is 23.4. The van der Waals surface area contributed by atoms with Gasteiger partial charge in [-0.1, -0.05) is 41.0 Å². The number of rotatable bonds is 6. The lowest BCUT2D eigenvalue weighted by Crippen LogP contribution is -2.34. The predicted octanol–water partition coefficient (Wildman–Crippen LogP) is 4.42. The number of oxime groups is 1. The molecular weight excluding hydrogens is 481 g/mol. The van der Waals surface area contributed by atoms with Gasteiger partial charge in [-0.15, -0.1) is 11.3 Å². The van der Waals surface area contributed by atoms with Gasteiger partial charge in [-0.3, -0.25) is 4.79 Å². The summed E-state index contributed by atoms with van der Waals surface area (Å²) in [5.41, 5.74) is -0.0660. The fourth-order valence-corrected chi connectivity index (χ4v) is 5.12. The summed E-state index contributed by atoms with van der Waals surface area (Å²) in [6, 6.07) is 11.2. The standard InChI is InChI=1S/C20H15ClFN3O5S2/c1-11-4-2-3-5-13(11)19(26)18(24-28)14-7-6-12(10-15(14)22)23-20(27)25-32(29,30)17-9-8-16(21)31-17/h2-10,28H,1H3,(H2,23,25,27)/b24-18+. The van der Waals surface area contributed by atoms with E-state index >= 15 is 0 Å². The molecule has 8 nitrogen and oxygen atoms in total. The number of nitrogens with zero attached hydrogens (tertiary/aromatic N) is 1. The van der Waals surface area contributed by atoms with Crippen molar-refractivity contribution >= 4 is 56.2 Å². The number of halogens is 2. The molecule has 0 saturated carbocycles. The molecule has 1 heterocycles. The van der Waals surface area contributed by atoms with Crippen LogP contribution < -0.4 is 10.0 Å². The lowest BCUT2D eigenvalue weighted by atomic mass is 9.97. The van der Waals surface area contributed by atoms with E-state index in [0.717, 1.165) is 23.5 Å². The number of hydrogen-bond acceptors (Lipinski definition) is 7. The third-order valence-electron chi connectivity index (χ3n) is 4.23. The Morgan fingerprint density at radius 1 is 1.09 bits per heavy atom. The molecule has 2 amide bonds. The van der Waals surface area contributed by atoms with Crippen LogP contribution in [0.15, 0.2) is 64.0 Å². The molecule has 3 rings (SSSR count). The number of amides is 2. The first-order valence-corrected chi connectivity index (χ1v) is 11.5. The van der Waals surface area contributed by atoms with E-state index in [4.69, 9.17) is 11.6 Å². The van der Waals surface area contributed by atoms with Crippen LogP contribution in [0, 0.1) is 12.7 Å². The zero-order valence-corrected chi connectivity index (χ0v) is 18.7. The molecule has 32 heavy (non-hydrogen) atoms. The minimum absolute atomic E-state index is 0.0937. The SMILES string of the molecule is Cc1ccccc1C(=O)/C(=N/O)c1ccc(NC(=O)NS(=O)(=O)c2ccc(Cl)s2)cc1F. The van der Waals surface area contributed by atoms with E-state index in [1.807, 2.05) is 0 Å². The van der Waals surface area contributed by atoms with Gasteiger partial charge < -0.3 is 10.5 Å². The summed E-state index contributed by atoms with van der Waals surface area (Å²) in [6.07, 6.45) is 0. The van der Waals surface area contributed by atoms with Crippen molar-refractivity contribution in [1.82, 2.24) is 4.72 Å². The van der Waals surface area contributed by atoms with E-state index in [1.165, 1.54) is 24.3 Å². The number of hydrogen-bond donors (Lipinski definition) is 3. The van der Waals surface area contributed by atoms with Gasteiger partial charge in [0, 0.05) is 16.8 Å². The molecule has 0 atom stereocenters. The molecule has 2 aromatic carbocycles. The summed E-state index contributed by atoms with van der Waals surface area (Å²) in [5, 5.41) is 14.5. The van der Waals surface area contributed by atoms with E-state index in [2.05, 4.69) is 10.5 Å². The first-order valence-electron chi connectivity index (χ1n) is 8.84. The summed E-state index contributed by atoms with van der Waals surface area (Å²) in [5.74, 6) is -1.66. The molecule has 0 radical (unpaired) electrons. The van der Waals surface area contributed by atoms with Gasteiger partial charge in [0.1, 0.15) is 10.0 Å². The Balaban J connectivity index is 1.78. The molecule has 1 aromatic heterocycles. The number of nitrogens with one attached hydrogen (secondary N) is 2. The van der Waals surface area contributed by atoms with Crippen molar-refractivity contribution in [3.63, 3.8) is 0 Å². The van der Waals surface area contributed by atoms with Crippen molar-refractivity contribution < 1.29 is 27.6 Å². The van der Waals surface area contributed by atoms with Crippen molar-refractivity contribution in [3.05, 3.63) is 81.4 Å². The highest BCUT2D eigenvalue weighted by Crippen LogP contribution is 2.25. The average molecular weight is 496 g/mol. The number of urea groups is 1. The largest absolute Gasteiger partial charge is 0.410 e. The third-order valence-corrected chi connectivity index (χ3v) is 7.28. The summed E-state index contributed by atoms with van der Waals surface area (Å²) in [4.78, 5) is 24.7. The minimum Gasteiger partial charge on any atom is -0.410 e. The van der Waals surface area contributed by atoms with Gasteiger partial charge in [0.25, 0.3) is 10.0 Å². The molecule has 0 aliphatic rings. The predicted molar refractivity (Wildman–Crippen MR) is 119 cm³/mol. The van der Waals surface area contributed by atoms with E-state index in [9.17, 15) is 27.6 Å². The Hall–Kier alpha value is -3.28. The number of benzene rings is 2. The highest BCUT2D eigenvalue weighted by atomic mass is 35.5. The number of thiophene rings is 1. The van der Waals surface area contributed by atoms with Crippen molar-refractivity contribution in [3.8, 4) is 0 Å². The van der Waals surface area contributed by atoms with E-state index in [1.54, 1.807) is 29.8 Å². The normalized spacial score (nSPS) is 11.8. The van der Waals surface area contributed by atoms with Gasteiger partial charge in [0.15, 0.2) is 5.71 Å². The van der Waals surface area contributed by atoms with Crippen LogP contribution in [0.25, 0.3) is 0 Å². The van der Waals surface area contributed by atoms with Gasteiger partial charge in [-0.2, -0.15) is 0 Å². The smallest absolute Gasteiger partial charge is 0.333 e. The molecule has 0 unspecified atom stereocenters. The van der Waals surface area contributed by atoms with Crippen LogP contribution in [0.2, 0.25) is 4.34 Å². The number of sulfonamides is 1. The number of Topliss-reactive ketones (excluding diaryl/α,β-unsaturated/α-hetero) is 1. The van der Waals surface area contributed by atoms with Crippen molar-refractivity contribution in [2.45, 2.75) is 11.1 Å². The Bertz CT molecular complexity index is 1340. The molecule has 0 aliphatic heterocycles. The highest BCUT2D eigenvalue weighted by Gasteiger charge is 2.23. The molecule has 12 heteroatoms. The number of aryl methyl sites for hydroxylation is 1. The van der Waals surface area contributed by atoms with Gasteiger partial charge >= 0.3 is 6.03 Å². The number of carbonyl (C=O) groups is 2. The van der Waals surface area contributed by atoms with Crippen molar-refractivity contribution in [2.75, 3.05) is 5.32 Å². The fraction of sp³-hybridized carbons (Fsp3) is 0.0500. The van der Waals surface area contributed by atoms with Crippen LogP contribution >= 0.6 is 22.9 Å². The number of ketones is 1. The number of anilines is 1. The maximum atomic E-state index is 14.7. The molecule has 3 aromatic rings. The summed E-state index contributed by atoms with van der Waals surface area (Å²) < 4.78 is 40.8. The van der Waals surface area contributed by atoms with Crippen LogP contribution in [0.3, 0.4) is 0 Å². The molecule has 166 valence electrons. The molecule has 3 N–H and O–H groups in total. The van der Waals surface area contributed by atoms with Crippen LogP contribution in [0.5, 0.6) is 0 Å². The van der Waals surface area contributed by atoms with Crippen LogP contribution in [-0.4, -0.2) is 31.2 Å². The minimum atomic E-state index is -4.16. The summed E-state index contributed by atoms with van der Waals surface area (Å²) in [6.45, 7) is 1.68. The van der Waals surface area contributed by atoms with Crippen LogP contribution in [0.1, 0.15) is 21.5 Å². The maximum Gasteiger partial charge on any atom is 0.333 e. The van der Waals surface area contributed by atoms with E-state index in [0.29, 0.717) is 5.56 Å². The molecule has 0 fully saturated rings. The van der Waals surface area contributed by atoms with Gasteiger partial charge in [0.2, 0.25) is 5.78 Å². The Morgan fingerprint density at radius 2 is 1.81 bits per heavy atom. The highest BCUT2D eigenvalue weighted by molar-refractivity contribution is 7.92. The summed E-state index contributed by atoms with van der Waals surface area (Å²) in [7, 11) is -4.16. The van der Waals surface area contributed by atoms with Crippen molar-refractivity contribution in [1.29, 1.82) is 0 Å². The Labute approximate surface area is 191 Å². The summed E-state index contributed by atoms with van der Waals surface area (Å²) >= 11 is 6.47. The third kappa shape index (κ3) is 5.13. The lowest BCUT2D eigenvalue weighted by molar-refractivity contribution is 0.106. The van der Waals surface area contributed by atoms with Crippen LogP contribution in [0.4, 0.5) is 14.9 Å². The second kappa shape index (κ2) is 9.47. The van der Waals surface area contributed by atoms with Crippen molar-refractivity contribution in [2.24, 2.45) is 5.16 Å². The maximum absolute atomic E-state index is 14.7. The molecular formula is C20H15ClFN3O5S2. The second-order valence-corrected chi connectivity index (χ2v) is 10.0. The quantitative estimate of drug-likeness (QED) is 0.202. The lowest BCUT2D eigenvalue weighted by Gasteiger charge is -2.10. The van der Waals surface area contributed by atoms with Gasteiger partial charge in [0.05, 0.1) is 4.34 Å². The first-order chi connectivity index (χ1) is 15.1. The second-order valence-electron chi connectivity index (χ2n) is 6.41. The Morgan fingerprint density at radius 3 is 2.41 bits per heavy atom. The Kier molecular flexibility index (Phi) is 6.92. The van der Waals surface area contributed by atoms with Gasteiger partial charge in [-0.25, -0.2) is 22.3 Å². The molecule has 0 saturated heterocycles. The monoisotopic (exact) mass is 495 g/mol. The molecule has 0 aliphatic carbocycles. The topological polar surface area (TPSA) is 125 Å². The zero-order chi connectivity index (χ0) is 23.5. The fourth-order valence-electron chi connectivity index (χ4n) is 2.73. The zero-order valence-electron chi connectivity index (χ0n) is 16.3. The van der Waals surface area contributed by atoms with Crippen LogP contribution in [-0.2, 0) is 10.0 Å². The number of carbonyl (C=O) groups excluding carboxylic acids is 2. The van der Waals surface area contributed by atoms with E-state index < -0.39 is 33.4 Å².